The SMILES string of the molecule is CCCC(C)COCc1cc(CNCC)co1. The van der Waals surface area contributed by atoms with E-state index in [1.54, 1.807) is 6.26 Å². The van der Waals surface area contributed by atoms with E-state index in [0.29, 0.717) is 12.5 Å². The Bertz CT molecular complexity index is 296. The molecule has 1 aromatic heterocycles. The predicted octanol–water partition coefficient (Wildman–Crippen LogP) is 3.34. The van der Waals surface area contributed by atoms with Crippen molar-refractivity contribution in [1.82, 2.24) is 5.32 Å². The molecule has 0 aromatic carbocycles. The lowest BCUT2D eigenvalue weighted by Crippen LogP contribution is -2.10. The maximum Gasteiger partial charge on any atom is 0.129 e. The first-order valence-corrected chi connectivity index (χ1v) is 6.61. The maximum atomic E-state index is 5.64. The summed E-state index contributed by atoms with van der Waals surface area (Å²) in [7, 11) is 0. The molecule has 0 spiro atoms. The topological polar surface area (TPSA) is 34.4 Å². The lowest BCUT2D eigenvalue weighted by Gasteiger charge is -2.09. The van der Waals surface area contributed by atoms with Gasteiger partial charge < -0.3 is 14.5 Å². The average Bonchev–Trinajstić information content (AvgIpc) is 2.75. The van der Waals surface area contributed by atoms with Crippen molar-refractivity contribution in [2.45, 2.75) is 46.8 Å². The van der Waals surface area contributed by atoms with Crippen LogP contribution in [0, 0.1) is 5.92 Å². The summed E-state index contributed by atoms with van der Waals surface area (Å²) >= 11 is 0. The molecule has 17 heavy (non-hydrogen) atoms. The highest BCUT2D eigenvalue weighted by molar-refractivity contribution is 5.11. The summed E-state index contributed by atoms with van der Waals surface area (Å²) in [6.45, 7) is 9.77. The Morgan fingerprint density at radius 2 is 2.24 bits per heavy atom. The van der Waals surface area contributed by atoms with E-state index in [1.165, 1.54) is 18.4 Å². The van der Waals surface area contributed by atoms with Crippen LogP contribution in [0.3, 0.4) is 0 Å². The molecule has 0 amide bonds. The van der Waals surface area contributed by atoms with Crippen LogP contribution < -0.4 is 5.32 Å². The van der Waals surface area contributed by atoms with Gasteiger partial charge in [-0.3, -0.25) is 0 Å². The van der Waals surface area contributed by atoms with Gasteiger partial charge in [-0.1, -0.05) is 27.2 Å². The fourth-order valence-corrected chi connectivity index (χ4v) is 1.80. The van der Waals surface area contributed by atoms with Gasteiger partial charge in [-0.25, -0.2) is 0 Å². The number of hydrogen-bond donors (Lipinski definition) is 1. The highest BCUT2D eigenvalue weighted by Gasteiger charge is 2.04. The Balaban J connectivity index is 2.20. The van der Waals surface area contributed by atoms with Crippen molar-refractivity contribution in [3.05, 3.63) is 23.7 Å². The molecule has 1 unspecified atom stereocenters. The normalized spacial score (nSPS) is 12.9. The van der Waals surface area contributed by atoms with E-state index < -0.39 is 0 Å². The van der Waals surface area contributed by atoms with Gasteiger partial charge >= 0.3 is 0 Å². The van der Waals surface area contributed by atoms with Crippen molar-refractivity contribution in [2.24, 2.45) is 5.92 Å². The van der Waals surface area contributed by atoms with Crippen LogP contribution in [-0.4, -0.2) is 13.2 Å². The van der Waals surface area contributed by atoms with Crippen molar-refractivity contribution in [2.75, 3.05) is 13.2 Å². The summed E-state index contributed by atoms with van der Waals surface area (Å²) in [5, 5.41) is 3.27. The van der Waals surface area contributed by atoms with Crippen LogP contribution in [0.15, 0.2) is 16.7 Å². The second kappa shape index (κ2) is 8.31. The number of furan rings is 1. The third-order valence-electron chi connectivity index (χ3n) is 2.72. The van der Waals surface area contributed by atoms with Crippen LogP contribution in [0.25, 0.3) is 0 Å². The molecule has 3 heteroatoms. The molecule has 0 fully saturated rings. The molecule has 1 rings (SSSR count). The molecule has 0 aliphatic rings. The molecule has 1 heterocycles. The van der Waals surface area contributed by atoms with Crippen LogP contribution in [-0.2, 0) is 17.9 Å². The molecule has 98 valence electrons. The highest BCUT2D eigenvalue weighted by Crippen LogP contribution is 2.11. The lowest BCUT2D eigenvalue weighted by molar-refractivity contribution is 0.0776. The van der Waals surface area contributed by atoms with E-state index in [1.807, 2.05) is 0 Å². The van der Waals surface area contributed by atoms with Gasteiger partial charge in [-0.2, -0.15) is 0 Å². The monoisotopic (exact) mass is 239 g/mol. The van der Waals surface area contributed by atoms with Crippen LogP contribution in [0.4, 0.5) is 0 Å². The minimum absolute atomic E-state index is 0.584. The zero-order valence-corrected chi connectivity index (χ0v) is 11.3. The zero-order chi connectivity index (χ0) is 12.5. The summed E-state index contributed by atoms with van der Waals surface area (Å²) in [5.41, 5.74) is 1.19. The summed E-state index contributed by atoms with van der Waals surface area (Å²) in [6.07, 6.45) is 4.25. The molecule has 3 nitrogen and oxygen atoms in total. The molecular weight excluding hydrogens is 214 g/mol. The second-order valence-electron chi connectivity index (χ2n) is 4.61. The maximum absolute atomic E-state index is 5.64. The summed E-state index contributed by atoms with van der Waals surface area (Å²) in [5.74, 6) is 1.55. The predicted molar refractivity (Wildman–Crippen MR) is 69.8 cm³/mol. The Morgan fingerprint density at radius 1 is 1.41 bits per heavy atom. The van der Waals surface area contributed by atoms with E-state index in [4.69, 9.17) is 9.15 Å². The second-order valence-corrected chi connectivity index (χ2v) is 4.61. The largest absolute Gasteiger partial charge is 0.467 e. The van der Waals surface area contributed by atoms with Gasteiger partial charge in [-0.05, 0) is 24.9 Å². The van der Waals surface area contributed by atoms with Gasteiger partial charge in [0.05, 0.1) is 6.26 Å². The molecule has 0 radical (unpaired) electrons. The Morgan fingerprint density at radius 3 is 2.94 bits per heavy atom. The Kier molecular flexibility index (Phi) is 6.97. The Labute approximate surface area is 105 Å². The third-order valence-corrected chi connectivity index (χ3v) is 2.72. The zero-order valence-electron chi connectivity index (χ0n) is 11.3. The highest BCUT2D eigenvalue weighted by atomic mass is 16.5. The van der Waals surface area contributed by atoms with Crippen LogP contribution in [0.5, 0.6) is 0 Å². The molecule has 1 atom stereocenters. The molecule has 0 saturated heterocycles. The first kappa shape index (κ1) is 14.3. The summed E-state index contributed by atoms with van der Waals surface area (Å²) in [4.78, 5) is 0. The van der Waals surface area contributed by atoms with E-state index in [0.717, 1.165) is 25.5 Å². The number of rotatable bonds is 9. The van der Waals surface area contributed by atoms with Crippen molar-refractivity contribution in [3.63, 3.8) is 0 Å². The minimum atomic E-state index is 0.584. The standard InChI is InChI=1S/C14H25NO2/c1-4-6-12(3)9-16-11-14-7-13(10-17-14)8-15-5-2/h7,10,12,15H,4-6,8-9,11H2,1-3H3. The molecule has 0 aliphatic carbocycles. The van der Waals surface area contributed by atoms with E-state index in [9.17, 15) is 0 Å². The minimum Gasteiger partial charge on any atom is -0.467 e. The molecule has 1 aromatic rings. The molecule has 0 aliphatic heterocycles. The lowest BCUT2D eigenvalue weighted by atomic mass is 10.1. The van der Waals surface area contributed by atoms with Crippen LogP contribution in [0.2, 0.25) is 0 Å². The van der Waals surface area contributed by atoms with Crippen LogP contribution in [0.1, 0.15) is 44.9 Å². The average molecular weight is 239 g/mol. The van der Waals surface area contributed by atoms with Crippen molar-refractivity contribution < 1.29 is 9.15 Å². The summed E-state index contributed by atoms with van der Waals surface area (Å²) < 4.78 is 11.1. The third kappa shape index (κ3) is 5.89. The van der Waals surface area contributed by atoms with Crippen LogP contribution >= 0.6 is 0 Å². The smallest absolute Gasteiger partial charge is 0.129 e. The van der Waals surface area contributed by atoms with E-state index in [-0.39, 0.29) is 0 Å². The fourth-order valence-electron chi connectivity index (χ4n) is 1.80. The van der Waals surface area contributed by atoms with Gasteiger partial charge in [0.25, 0.3) is 0 Å². The Hall–Kier alpha value is -0.800. The van der Waals surface area contributed by atoms with Gasteiger partial charge in [0.1, 0.15) is 12.4 Å². The van der Waals surface area contributed by atoms with Crippen molar-refractivity contribution in [1.29, 1.82) is 0 Å². The molecule has 0 bridgehead atoms. The summed E-state index contributed by atoms with van der Waals surface area (Å²) in [6, 6.07) is 2.06. The molecule has 1 N–H and O–H groups in total. The van der Waals surface area contributed by atoms with E-state index >= 15 is 0 Å². The number of ether oxygens (including phenoxy) is 1. The number of nitrogens with one attached hydrogen (secondary N) is 1. The van der Waals surface area contributed by atoms with E-state index in [2.05, 4.69) is 32.2 Å². The van der Waals surface area contributed by atoms with Crippen molar-refractivity contribution in [3.8, 4) is 0 Å². The number of hydrogen-bond acceptors (Lipinski definition) is 3. The fraction of sp³-hybridized carbons (Fsp3) is 0.714. The van der Waals surface area contributed by atoms with Gasteiger partial charge in [0.15, 0.2) is 0 Å². The first-order valence-electron chi connectivity index (χ1n) is 6.61. The van der Waals surface area contributed by atoms with Gasteiger partial charge in [0.2, 0.25) is 0 Å². The first-order chi connectivity index (χ1) is 8.26. The quantitative estimate of drug-likeness (QED) is 0.717. The molecular formula is C14H25NO2. The van der Waals surface area contributed by atoms with Crippen molar-refractivity contribution >= 4 is 0 Å². The van der Waals surface area contributed by atoms with Gasteiger partial charge in [-0.15, -0.1) is 0 Å². The molecule has 0 saturated carbocycles. The van der Waals surface area contributed by atoms with Gasteiger partial charge in [0, 0.05) is 18.7 Å².